The zero-order valence-corrected chi connectivity index (χ0v) is 41.8. The molecule has 2 atom stereocenters. The second-order valence-corrected chi connectivity index (χ2v) is 18.3. The van der Waals surface area contributed by atoms with Gasteiger partial charge in [-0.05, 0) is 78.6 Å². The number of piperidine rings is 2. The van der Waals surface area contributed by atoms with E-state index in [0.717, 1.165) is 15.9 Å². The molecule has 2 saturated heterocycles. The number of rotatable bonds is 20. The average Bonchev–Trinajstić information content (AvgIpc) is 3.71. The van der Waals surface area contributed by atoms with E-state index in [-0.39, 0.29) is 47.9 Å². The Morgan fingerprint density at radius 2 is 1.00 bits per heavy atom. The SMILES string of the molecule is CC(C)(C)OC(=O)NCCOCCOCCN.CC(C)(C)OC(=O)NCCOCCOCCNc1cccc2c1C(=O)N(C1CCC(=O)NC1=O)C2=O.O=C1CCC(N2C(=O)c3cccc(F)c3C2=O)C(=O)N1. The van der Waals surface area contributed by atoms with Crippen molar-refractivity contribution in [3.8, 4) is 0 Å². The number of fused-ring (bicyclic) bond motifs is 2. The minimum Gasteiger partial charge on any atom is -0.444 e. The second kappa shape index (κ2) is 27.8. The van der Waals surface area contributed by atoms with Gasteiger partial charge in [0.2, 0.25) is 23.6 Å². The number of carbonyl (C=O) groups is 10. The van der Waals surface area contributed by atoms with Crippen molar-refractivity contribution < 1.29 is 80.8 Å². The topological polar surface area (TPSA) is 319 Å². The summed E-state index contributed by atoms with van der Waals surface area (Å²) in [4.78, 5) is 121. The first-order valence-corrected chi connectivity index (χ1v) is 23.6. The molecule has 24 nitrogen and oxygen atoms in total. The van der Waals surface area contributed by atoms with Crippen LogP contribution in [0.4, 0.5) is 19.7 Å². The number of benzene rings is 2. The van der Waals surface area contributed by atoms with Crippen LogP contribution in [0.1, 0.15) is 109 Å². The van der Waals surface area contributed by atoms with E-state index in [2.05, 4.69) is 26.6 Å². The molecule has 0 aromatic heterocycles. The van der Waals surface area contributed by atoms with Gasteiger partial charge < -0.3 is 50.1 Å². The van der Waals surface area contributed by atoms with Crippen LogP contribution in [0.3, 0.4) is 0 Å². The Kier molecular flexibility index (Phi) is 22.3. The number of hydrogen-bond donors (Lipinski definition) is 6. The third-order valence-corrected chi connectivity index (χ3v) is 10.3. The zero-order valence-electron chi connectivity index (χ0n) is 41.8. The highest BCUT2D eigenvalue weighted by atomic mass is 19.1. The van der Waals surface area contributed by atoms with E-state index in [1.165, 1.54) is 18.2 Å². The molecule has 2 unspecified atom stereocenters. The van der Waals surface area contributed by atoms with Crippen molar-refractivity contribution in [3.63, 3.8) is 0 Å². The Morgan fingerprint density at radius 1 is 0.589 bits per heavy atom. The number of nitrogens with zero attached hydrogens (tertiary/aromatic N) is 2. The predicted molar refractivity (Wildman–Crippen MR) is 255 cm³/mol. The van der Waals surface area contributed by atoms with Crippen LogP contribution in [-0.2, 0) is 47.6 Å². The van der Waals surface area contributed by atoms with Crippen molar-refractivity contribution in [1.82, 2.24) is 31.1 Å². The summed E-state index contributed by atoms with van der Waals surface area (Å²) in [5.41, 5.74) is 4.73. The number of nitrogens with one attached hydrogen (secondary N) is 5. The van der Waals surface area contributed by atoms with Crippen LogP contribution >= 0.6 is 0 Å². The first kappa shape index (κ1) is 58.6. The lowest BCUT2D eigenvalue weighted by Gasteiger charge is -2.27. The Morgan fingerprint density at radius 3 is 1.42 bits per heavy atom. The Bertz CT molecular complexity index is 2350. The van der Waals surface area contributed by atoms with E-state index in [0.29, 0.717) is 84.7 Å². The predicted octanol–water partition coefficient (Wildman–Crippen LogP) is 1.79. The number of amides is 10. The highest BCUT2D eigenvalue weighted by Gasteiger charge is 2.47. The molecule has 400 valence electrons. The van der Waals surface area contributed by atoms with Crippen LogP contribution in [0.25, 0.3) is 0 Å². The lowest BCUT2D eigenvalue weighted by atomic mass is 10.0. The lowest BCUT2D eigenvalue weighted by molar-refractivity contribution is -0.137. The van der Waals surface area contributed by atoms with Gasteiger partial charge >= 0.3 is 12.2 Å². The summed E-state index contributed by atoms with van der Waals surface area (Å²) in [6.45, 7) is 15.7. The van der Waals surface area contributed by atoms with E-state index in [4.69, 9.17) is 34.2 Å². The molecule has 0 spiro atoms. The minimum absolute atomic E-state index is 0.0340. The number of halogens is 1. The monoisotopic (exact) mass is 1030 g/mol. The van der Waals surface area contributed by atoms with Crippen molar-refractivity contribution in [3.05, 3.63) is 64.5 Å². The van der Waals surface area contributed by atoms with Gasteiger partial charge in [-0.1, -0.05) is 12.1 Å². The van der Waals surface area contributed by atoms with Gasteiger partial charge in [0.1, 0.15) is 29.1 Å². The normalized spacial score (nSPS) is 17.4. The molecular formula is C48H65FN8O16. The third kappa shape index (κ3) is 18.0. The van der Waals surface area contributed by atoms with Gasteiger partial charge in [-0.3, -0.25) is 58.8 Å². The molecule has 0 radical (unpaired) electrons. The summed E-state index contributed by atoms with van der Waals surface area (Å²) in [5.74, 6) is -5.69. The summed E-state index contributed by atoms with van der Waals surface area (Å²) in [6, 6.07) is 6.54. The van der Waals surface area contributed by atoms with Crippen LogP contribution in [0.15, 0.2) is 36.4 Å². The van der Waals surface area contributed by atoms with Gasteiger partial charge in [0.05, 0.1) is 75.1 Å². The molecule has 2 aromatic carbocycles. The van der Waals surface area contributed by atoms with Crippen LogP contribution in [-0.4, -0.2) is 172 Å². The quantitative estimate of drug-likeness (QED) is 0.0813. The number of anilines is 1. The maximum atomic E-state index is 13.7. The Balaban J connectivity index is 0.000000263. The summed E-state index contributed by atoms with van der Waals surface area (Å²) >= 11 is 0. The minimum atomic E-state index is -1.07. The number of imide groups is 4. The van der Waals surface area contributed by atoms with Gasteiger partial charge in [-0.2, -0.15) is 0 Å². The first-order chi connectivity index (χ1) is 34.5. The van der Waals surface area contributed by atoms with Crippen LogP contribution in [0.2, 0.25) is 0 Å². The van der Waals surface area contributed by atoms with Crippen molar-refractivity contribution in [2.45, 2.75) is 90.5 Å². The van der Waals surface area contributed by atoms with Gasteiger partial charge in [0, 0.05) is 44.7 Å². The molecule has 6 rings (SSSR count). The van der Waals surface area contributed by atoms with Crippen molar-refractivity contribution in [1.29, 1.82) is 0 Å². The third-order valence-electron chi connectivity index (χ3n) is 10.3. The van der Waals surface area contributed by atoms with Crippen LogP contribution in [0.5, 0.6) is 0 Å². The second-order valence-electron chi connectivity index (χ2n) is 18.3. The Hall–Kier alpha value is -6.93. The number of alkyl carbamates (subject to hydrolysis) is 2. The van der Waals surface area contributed by atoms with Crippen LogP contribution in [0, 0.1) is 5.82 Å². The molecule has 73 heavy (non-hydrogen) atoms. The highest BCUT2D eigenvalue weighted by Crippen LogP contribution is 2.33. The van der Waals surface area contributed by atoms with Crippen molar-refractivity contribution in [2.75, 3.05) is 84.4 Å². The molecule has 4 heterocycles. The van der Waals surface area contributed by atoms with Crippen molar-refractivity contribution in [2.24, 2.45) is 5.73 Å². The summed E-state index contributed by atoms with van der Waals surface area (Å²) in [7, 11) is 0. The first-order valence-electron chi connectivity index (χ1n) is 23.6. The van der Waals surface area contributed by atoms with Crippen LogP contribution < -0.4 is 32.3 Å². The molecule has 0 bridgehead atoms. The van der Waals surface area contributed by atoms with Gasteiger partial charge in [-0.15, -0.1) is 0 Å². The fourth-order valence-electron chi connectivity index (χ4n) is 7.20. The lowest BCUT2D eigenvalue weighted by Crippen LogP contribution is -2.54. The average molecular weight is 1030 g/mol. The molecule has 4 aliphatic rings. The molecule has 0 aliphatic carbocycles. The van der Waals surface area contributed by atoms with E-state index in [1.54, 1.807) is 32.9 Å². The molecule has 7 N–H and O–H groups in total. The Labute approximate surface area is 421 Å². The summed E-state index contributed by atoms with van der Waals surface area (Å²) in [5, 5.41) is 12.5. The summed E-state index contributed by atoms with van der Waals surface area (Å²) in [6.07, 6.45) is -0.673. The fourth-order valence-corrected chi connectivity index (χ4v) is 7.20. The highest BCUT2D eigenvalue weighted by molar-refractivity contribution is 6.26. The molecule has 4 aliphatic heterocycles. The number of ether oxygens (including phenoxy) is 6. The largest absolute Gasteiger partial charge is 0.444 e. The maximum absolute atomic E-state index is 13.7. The standard InChI is InChI=1S/C24H32N4O8.C13H9FN2O4.C11H24N2O4/c1-24(2,3)36-23(33)26-10-12-35-14-13-34-11-9-25-16-6-4-5-15-19(16)22(32)28(21(15)31)17-7-8-18(29)27-20(17)30;14-7-3-1-2-6-10(7)13(20)16(12(6)19)8-4-5-9(17)15-11(8)18;1-11(2,3)17-10(14)13-5-7-16-9-8-15-6-4-12/h4-6,17,25H,7-14H2,1-3H3,(H,26,33)(H,27,29,30);1-3,8H,4-5H2,(H,15,17,18);4-9,12H2,1-3H3,(H,13,14). The molecule has 25 heteroatoms. The number of hydrogen-bond acceptors (Lipinski definition) is 18. The van der Waals surface area contributed by atoms with E-state index in [1.807, 2.05) is 20.8 Å². The molecule has 2 aromatic rings. The van der Waals surface area contributed by atoms with Gasteiger partial charge in [-0.25, -0.2) is 14.0 Å². The van der Waals surface area contributed by atoms with Crippen molar-refractivity contribution >= 4 is 65.1 Å². The van der Waals surface area contributed by atoms with E-state index < -0.39 is 88.5 Å². The number of nitrogens with two attached hydrogens (primary N) is 1. The molecule has 0 saturated carbocycles. The summed E-state index contributed by atoms with van der Waals surface area (Å²) < 4.78 is 45.1. The smallest absolute Gasteiger partial charge is 0.407 e. The maximum Gasteiger partial charge on any atom is 0.407 e. The molecule has 2 fully saturated rings. The van der Waals surface area contributed by atoms with E-state index in [9.17, 15) is 52.3 Å². The molecule has 10 amide bonds. The van der Waals surface area contributed by atoms with E-state index >= 15 is 0 Å². The number of carbonyl (C=O) groups excluding carboxylic acids is 10. The van der Waals surface area contributed by atoms with Gasteiger partial charge in [0.25, 0.3) is 23.6 Å². The van der Waals surface area contributed by atoms with Gasteiger partial charge in [0.15, 0.2) is 0 Å². The fraction of sp³-hybridized carbons (Fsp3) is 0.542. The molecular weight excluding hydrogens is 964 g/mol. The zero-order chi connectivity index (χ0) is 53.9.